The molecule has 6 nitrogen and oxygen atoms in total. The number of benzene rings is 1. The average Bonchev–Trinajstić information content (AvgIpc) is 3.36. The monoisotopic (exact) mass is 411 g/mol. The molecule has 0 radical (unpaired) electrons. The number of ether oxygens (including phenoxy) is 1. The first-order valence-corrected chi connectivity index (χ1v) is 10.8. The minimum atomic E-state index is -0.165. The number of hydrogen-bond donors (Lipinski definition) is 0. The molecule has 0 N–H and O–H groups in total. The highest BCUT2D eigenvalue weighted by Crippen LogP contribution is 2.35. The Bertz CT molecular complexity index is 931. The van der Waals surface area contributed by atoms with E-state index in [9.17, 15) is 9.59 Å². The molecule has 0 spiro atoms. The van der Waals surface area contributed by atoms with Gasteiger partial charge in [0.1, 0.15) is 11.4 Å². The van der Waals surface area contributed by atoms with Gasteiger partial charge < -0.3 is 14.5 Å². The Hall–Kier alpha value is -2.80. The first kappa shape index (κ1) is 19.5. The molecule has 29 heavy (non-hydrogen) atoms. The quantitative estimate of drug-likeness (QED) is 0.684. The van der Waals surface area contributed by atoms with E-state index in [0.717, 1.165) is 35.8 Å². The van der Waals surface area contributed by atoms with Crippen LogP contribution >= 0.6 is 11.3 Å². The fraction of sp³-hybridized carbons (Fsp3) is 0.364. The predicted molar refractivity (Wildman–Crippen MR) is 115 cm³/mol. The summed E-state index contributed by atoms with van der Waals surface area (Å²) >= 11 is 1.50. The highest BCUT2D eigenvalue weighted by Gasteiger charge is 2.42. The second-order valence-electron chi connectivity index (χ2n) is 7.11. The number of anilines is 1. The van der Waals surface area contributed by atoms with Gasteiger partial charge in [-0.25, -0.2) is 0 Å². The van der Waals surface area contributed by atoms with Gasteiger partial charge in [0.05, 0.1) is 18.4 Å². The van der Waals surface area contributed by atoms with Crippen molar-refractivity contribution in [3.8, 4) is 5.75 Å². The van der Waals surface area contributed by atoms with Gasteiger partial charge in [0.2, 0.25) is 0 Å². The van der Waals surface area contributed by atoms with Crippen LogP contribution < -0.4 is 9.64 Å². The van der Waals surface area contributed by atoms with Crippen molar-refractivity contribution < 1.29 is 14.3 Å². The Morgan fingerprint density at radius 1 is 0.966 bits per heavy atom. The summed E-state index contributed by atoms with van der Waals surface area (Å²) in [6.45, 7) is 5.32. The third kappa shape index (κ3) is 3.51. The molecule has 0 saturated carbocycles. The average molecular weight is 412 g/mol. The summed E-state index contributed by atoms with van der Waals surface area (Å²) in [6.07, 6.45) is 0.754. The van der Waals surface area contributed by atoms with Crippen molar-refractivity contribution in [3.05, 3.63) is 52.4 Å². The van der Waals surface area contributed by atoms with Crippen LogP contribution in [0.4, 0.5) is 5.69 Å². The van der Waals surface area contributed by atoms with Crippen LogP contribution in [-0.2, 0) is 9.59 Å². The molecule has 4 rings (SSSR count). The van der Waals surface area contributed by atoms with Gasteiger partial charge in [-0.05, 0) is 30.0 Å². The summed E-state index contributed by atoms with van der Waals surface area (Å²) < 4.78 is 5.49. The summed E-state index contributed by atoms with van der Waals surface area (Å²) in [5.41, 5.74) is 2.18. The maximum absolute atomic E-state index is 13.1. The number of nitrogens with zero attached hydrogens (tertiary/aromatic N) is 3. The van der Waals surface area contributed by atoms with Crippen molar-refractivity contribution in [2.45, 2.75) is 13.3 Å². The van der Waals surface area contributed by atoms with Crippen molar-refractivity contribution in [1.82, 2.24) is 9.80 Å². The molecule has 7 heteroatoms. The summed E-state index contributed by atoms with van der Waals surface area (Å²) in [7, 11) is 1.68. The topological polar surface area (TPSA) is 53.1 Å². The number of para-hydroxylation sites is 2. The SMILES string of the molecule is CCCN1C(=O)C(c2cccs2)=C(N2CCN(c3ccccc3OC)CC2)C1=O. The molecule has 0 aliphatic carbocycles. The lowest BCUT2D eigenvalue weighted by Gasteiger charge is -2.38. The number of thiophene rings is 1. The minimum Gasteiger partial charge on any atom is -0.495 e. The van der Waals surface area contributed by atoms with Crippen LogP contribution in [-0.4, -0.2) is 61.4 Å². The van der Waals surface area contributed by atoms with Gasteiger partial charge in [-0.1, -0.05) is 25.1 Å². The molecule has 1 aromatic carbocycles. The largest absolute Gasteiger partial charge is 0.495 e. The van der Waals surface area contributed by atoms with E-state index < -0.39 is 0 Å². The molecule has 2 aliphatic rings. The van der Waals surface area contributed by atoms with Crippen LogP contribution in [0.15, 0.2) is 47.5 Å². The van der Waals surface area contributed by atoms with Gasteiger partial charge in [-0.3, -0.25) is 14.5 Å². The number of carbonyl (C=O) groups is 2. The molecule has 3 heterocycles. The smallest absolute Gasteiger partial charge is 0.277 e. The number of imide groups is 1. The lowest BCUT2D eigenvalue weighted by Crippen LogP contribution is -2.47. The van der Waals surface area contributed by atoms with Crippen LogP contribution in [0.5, 0.6) is 5.75 Å². The molecule has 1 saturated heterocycles. The number of methoxy groups -OCH3 is 1. The minimum absolute atomic E-state index is 0.161. The van der Waals surface area contributed by atoms with E-state index in [-0.39, 0.29) is 11.8 Å². The van der Waals surface area contributed by atoms with Gasteiger partial charge in [0, 0.05) is 37.6 Å². The highest BCUT2D eigenvalue weighted by atomic mass is 32.1. The van der Waals surface area contributed by atoms with E-state index in [1.54, 1.807) is 7.11 Å². The third-order valence-corrected chi connectivity index (χ3v) is 6.27. The van der Waals surface area contributed by atoms with Crippen LogP contribution in [0.2, 0.25) is 0 Å². The molecule has 152 valence electrons. The Morgan fingerprint density at radius 3 is 2.34 bits per heavy atom. The maximum atomic E-state index is 13.1. The number of carbonyl (C=O) groups excluding carboxylic acids is 2. The maximum Gasteiger partial charge on any atom is 0.277 e. The third-order valence-electron chi connectivity index (χ3n) is 5.38. The molecule has 1 fully saturated rings. The molecule has 2 amide bonds. The normalized spacial score (nSPS) is 17.5. The molecule has 0 unspecified atom stereocenters. The van der Waals surface area contributed by atoms with E-state index >= 15 is 0 Å². The van der Waals surface area contributed by atoms with Crippen molar-refractivity contribution in [3.63, 3.8) is 0 Å². The van der Waals surface area contributed by atoms with Gasteiger partial charge in [-0.2, -0.15) is 0 Å². The number of amides is 2. The van der Waals surface area contributed by atoms with Crippen molar-refractivity contribution >= 4 is 34.4 Å². The van der Waals surface area contributed by atoms with Crippen LogP contribution in [0, 0.1) is 0 Å². The van der Waals surface area contributed by atoms with Crippen LogP contribution in [0.3, 0.4) is 0 Å². The Labute approximate surface area is 175 Å². The summed E-state index contributed by atoms with van der Waals surface area (Å²) in [4.78, 5) is 32.8. The van der Waals surface area contributed by atoms with E-state index in [2.05, 4.69) is 15.9 Å². The number of rotatable bonds is 6. The van der Waals surface area contributed by atoms with Gasteiger partial charge in [0.25, 0.3) is 11.8 Å². The Morgan fingerprint density at radius 2 is 1.69 bits per heavy atom. The van der Waals surface area contributed by atoms with E-state index in [0.29, 0.717) is 30.9 Å². The van der Waals surface area contributed by atoms with Crippen LogP contribution in [0.1, 0.15) is 18.2 Å². The fourth-order valence-corrected chi connectivity index (χ4v) is 4.75. The van der Waals surface area contributed by atoms with Gasteiger partial charge in [-0.15, -0.1) is 11.3 Å². The summed E-state index contributed by atoms with van der Waals surface area (Å²) in [6, 6.07) is 11.8. The van der Waals surface area contributed by atoms with Gasteiger partial charge in [0.15, 0.2) is 0 Å². The molecule has 0 atom stereocenters. The van der Waals surface area contributed by atoms with Crippen molar-refractivity contribution in [2.75, 3.05) is 44.7 Å². The Kier molecular flexibility index (Phi) is 5.58. The van der Waals surface area contributed by atoms with Crippen molar-refractivity contribution in [2.24, 2.45) is 0 Å². The molecular formula is C22H25N3O3S. The van der Waals surface area contributed by atoms with E-state index in [1.165, 1.54) is 16.2 Å². The Balaban J connectivity index is 1.60. The lowest BCUT2D eigenvalue weighted by atomic mass is 10.1. The predicted octanol–water partition coefficient (Wildman–Crippen LogP) is 3.07. The first-order valence-electron chi connectivity index (χ1n) is 9.93. The fourth-order valence-electron chi connectivity index (χ4n) is 3.99. The first-order chi connectivity index (χ1) is 14.2. The standard InChI is InChI=1S/C22H25N3O3S/c1-3-10-25-21(26)19(18-9-6-15-29-18)20(22(25)27)24-13-11-23(12-14-24)16-7-4-5-8-17(16)28-2/h4-9,15H,3,10-14H2,1-2H3. The second-order valence-corrected chi connectivity index (χ2v) is 8.06. The zero-order valence-electron chi connectivity index (χ0n) is 16.8. The van der Waals surface area contributed by atoms with Crippen molar-refractivity contribution in [1.29, 1.82) is 0 Å². The van der Waals surface area contributed by atoms with Gasteiger partial charge >= 0.3 is 0 Å². The van der Waals surface area contributed by atoms with E-state index in [4.69, 9.17) is 4.74 Å². The molecule has 0 bridgehead atoms. The number of piperazine rings is 1. The summed E-state index contributed by atoms with van der Waals surface area (Å²) in [5.74, 6) is 0.521. The highest BCUT2D eigenvalue weighted by molar-refractivity contribution is 7.11. The summed E-state index contributed by atoms with van der Waals surface area (Å²) in [5, 5.41) is 1.94. The second kappa shape index (κ2) is 8.29. The number of hydrogen-bond acceptors (Lipinski definition) is 6. The molecule has 2 aromatic rings. The zero-order chi connectivity index (χ0) is 20.4. The molecular weight excluding hydrogens is 386 g/mol. The lowest BCUT2D eigenvalue weighted by molar-refractivity contribution is -0.137. The molecule has 2 aliphatic heterocycles. The zero-order valence-corrected chi connectivity index (χ0v) is 17.6. The molecule has 1 aromatic heterocycles. The van der Waals surface area contributed by atoms with E-state index in [1.807, 2.05) is 42.6 Å². The van der Waals surface area contributed by atoms with Crippen LogP contribution in [0.25, 0.3) is 5.57 Å².